The second kappa shape index (κ2) is 4.75. The molecule has 0 aromatic rings. The molecule has 1 rings (SSSR count). The standard InChI is InChI=1S/C10H18ClNOS/c1-7(11)10(2,3)12-9(13)8-4-5-14-6-8/h7-8H,4-6H2,1-3H3,(H,12,13). The summed E-state index contributed by atoms with van der Waals surface area (Å²) in [6.45, 7) is 5.83. The predicted octanol–water partition coefficient (Wildman–Crippen LogP) is 2.26. The minimum Gasteiger partial charge on any atom is -0.349 e. The molecule has 1 heterocycles. The van der Waals surface area contributed by atoms with Crippen molar-refractivity contribution in [1.29, 1.82) is 0 Å². The van der Waals surface area contributed by atoms with Gasteiger partial charge in [-0.05, 0) is 32.9 Å². The Labute approximate surface area is 95.2 Å². The van der Waals surface area contributed by atoms with Gasteiger partial charge in [0, 0.05) is 11.7 Å². The number of thioether (sulfide) groups is 1. The topological polar surface area (TPSA) is 29.1 Å². The molecule has 0 aromatic carbocycles. The maximum absolute atomic E-state index is 11.8. The molecule has 0 radical (unpaired) electrons. The van der Waals surface area contributed by atoms with Gasteiger partial charge in [0.2, 0.25) is 5.91 Å². The van der Waals surface area contributed by atoms with Crippen molar-refractivity contribution in [2.45, 2.75) is 38.1 Å². The highest BCUT2D eigenvalue weighted by atomic mass is 35.5. The molecule has 1 saturated heterocycles. The second-order valence-electron chi connectivity index (χ2n) is 4.39. The molecule has 0 saturated carbocycles. The van der Waals surface area contributed by atoms with E-state index in [1.165, 1.54) is 0 Å². The van der Waals surface area contributed by atoms with E-state index in [0.717, 1.165) is 17.9 Å². The first-order valence-corrected chi connectivity index (χ1v) is 6.56. The van der Waals surface area contributed by atoms with Crippen LogP contribution in [0.15, 0.2) is 0 Å². The summed E-state index contributed by atoms with van der Waals surface area (Å²) in [5, 5.41) is 2.96. The van der Waals surface area contributed by atoms with Gasteiger partial charge >= 0.3 is 0 Å². The fraction of sp³-hybridized carbons (Fsp3) is 0.900. The van der Waals surface area contributed by atoms with Crippen molar-refractivity contribution in [1.82, 2.24) is 5.32 Å². The van der Waals surface area contributed by atoms with E-state index in [0.29, 0.717) is 0 Å². The predicted molar refractivity (Wildman–Crippen MR) is 63.0 cm³/mol. The lowest BCUT2D eigenvalue weighted by molar-refractivity contribution is -0.125. The number of carbonyl (C=O) groups excluding carboxylic acids is 1. The summed E-state index contributed by atoms with van der Waals surface area (Å²) in [6.07, 6.45) is 1.00. The number of amides is 1. The van der Waals surface area contributed by atoms with E-state index >= 15 is 0 Å². The Morgan fingerprint density at radius 3 is 2.71 bits per heavy atom. The first kappa shape index (κ1) is 12.2. The molecule has 0 aromatic heterocycles. The highest BCUT2D eigenvalue weighted by molar-refractivity contribution is 7.99. The maximum atomic E-state index is 11.8. The molecular formula is C10H18ClNOS. The molecule has 1 N–H and O–H groups in total. The van der Waals surface area contributed by atoms with Gasteiger partial charge in [0.15, 0.2) is 0 Å². The van der Waals surface area contributed by atoms with Gasteiger partial charge < -0.3 is 5.32 Å². The summed E-state index contributed by atoms with van der Waals surface area (Å²) in [6, 6.07) is 0. The van der Waals surface area contributed by atoms with Gasteiger partial charge in [-0.25, -0.2) is 0 Å². The van der Waals surface area contributed by atoms with Crippen molar-refractivity contribution in [2.24, 2.45) is 5.92 Å². The summed E-state index contributed by atoms with van der Waals surface area (Å²) >= 11 is 7.85. The zero-order valence-electron chi connectivity index (χ0n) is 8.97. The van der Waals surface area contributed by atoms with Crippen LogP contribution in [0.5, 0.6) is 0 Å². The Bertz CT molecular complexity index is 212. The molecule has 1 aliphatic heterocycles. The average molecular weight is 236 g/mol. The van der Waals surface area contributed by atoms with Crippen molar-refractivity contribution in [3.8, 4) is 0 Å². The molecule has 1 fully saturated rings. The third-order valence-corrected chi connectivity index (χ3v) is 4.45. The van der Waals surface area contributed by atoms with Crippen LogP contribution in [0, 0.1) is 5.92 Å². The van der Waals surface area contributed by atoms with Crippen LogP contribution in [-0.4, -0.2) is 28.3 Å². The number of nitrogens with one attached hydrogen (secondary N) is 1. The van der Waals surface area contributed by atoms with Crippen LogP contribution in [0.4, 0.5) is 0 Å². The smallest absolute Gasteiger partial charge is 0.224 e. The van der Waals surface area contributed by atoms with Crippen molar-refractivity contribution < 1.29 is 4.79 Å². The highest BCUT2D eigenvalue weighted by Crippen LogP contribution is 2.25. The largest absolute Gasteiger partial charge is 0.349 e. The van der Waals surface area contributed by atoms with E-state index in [2.05, 4.69) is 5.32 Å². The third kappa shape index (κ3) is 3.06. The van der Waals surface area contributed by atoms with Crippen molar-refractivity contribution >= 4 is 29.3 Å². The normalized spacial score (nSPS) is 24.7. The van der Waals surface area contributed by atoms with Crippen LogP contribution >= 0.6 is 23.4 Å². The lowest BCUT2D eigenvalue weighted by atomic mass is 9.99. The van der Waals surface area contributed by atoms with E-state index in [4.69, 9.17) is 11.6 Å². The number of hydrogen-bond acceptors (Lipinski definition) is 2. The Kier molecular flexibility index (Phi) is 4.14. The van der Waals surface area contributed by atoms with Gasteiger partial charge in [-0.1, -0.05) is 0 Å². The van der Waals surface area contributed by atoms with Crippen LogP contribution in [-0.2, 0) is 4.79 Å². The Morgan fingerprint density at radius 1 is 1.64 bits per heavy atom. The molecule has 0 bridgehead atoms. The summed E-state index contributed by atoms with van der Waals surface area (Å²) in [5.74, 6) is 2.41. The number of hydrogen-bond donors (Lipinski definition) is 1. The minimum absolute atomic E-state index is 0.0551. The summed E-state index contributed by atoms with van der Waals surface area (Å²) < 4.78 is 0. The van der Waals surface area contributed by atoms with Gasteiger partial charge in [0.1, 0.15) is 0 Å². The lowest BCUT2D eigenvalue weighted by Crippen LogP contribution is -2.51. The van der Waals surface area contributed by atoms with Crippen LogP contribution < -0.4 is 5.32 Å². The molecular weight excluding hydrogens is 218 g/mol. The molecule has 0 spiro atoms. The average Bonchev–Trinajstić information content (AvgIpc) is 2.54. The van der Waals surface area contributed by atoms with Gasteiger partial charge in [-0.2, -0.15) is 11.8 Å². The van der Waals surface area contributed by atoms with Gasteiger partial charge in [0.05, 0.1) is 10.9 Å². The summed E-state index contributed by atoms with van der Waals surface area (Å²) in [7, 11) is 0. The molecule has 2 unspecified atom stereocenters. The summed E-state index contributed by atoms with van der Waals surface area (Å²) in [4.78, 5) is 11.8. The molecule has 0 aliphatic carbocycles. The Balaban J connectivity index is 2.46. The highest BCUT2D eigenvalue weighted by Gasteiger charge is 2.30. The van der Waals surface area contributed by atoms with Crippen LogP contribution in [0.25, 0.3) is 0 Å². The van der Waals surface area contributed by atoms with Gasteiger partial charge in [-0.15, -0.1) is 11.6 Å². The Hall–Kier alpha value is 0.110. The molecule has 14 heavy (non-hydrogen) atoms. The Morgan fingerprint density at radius 2 is 2.29 bits per heavy atom. The maximum Gasteiger partial charge on any atom is 0.224 e. The SMILES string of the molecule is CC(Cl)C(C)(C)NC(=O)C1CCSC1. The molecule has 2 nitrogen and oxygen atoms in total. The number of rotatable bonds is 3. The van der Waals surface area contributed by atoms with Gasteiger partial charge in [0.25, 0.3) is 0 Å². The first-order valence-electron chi connectivity index (χ1n) is 4.97. The fourth-order valence-electron chi connectivity index (χ4n) is 1.26. The lowest BCUT2D eigenvalue weighted by Gasteiger charge is -2.30. The van der Waals surface area contributed by atoms with Crippen molar-refractivity contribution in [3.05, 3.63) is 0 Å². The van der Waals surface area contributed by atoms with Crippen LogP contribution in [0.2, 0.25) is 0 Å². The molecule has 82 valence electrons. The number of alkyl halides is 1. The zero-order valence-corrected chi connectivity index (χ0v) is 10.5. The van der Waals surface area contributed by atoms with Crippen LogP contribution in [0.1, 0.15) is 27.2 Å². The van der Waals surface area contributed by atoms with Crippen molar-refractivity contribution in [2.75, 3.05) is 11.5 Å². The summed E-state index contributed by atoms with van der Waals surface area (Å²) in [5.41, 5.74) is -0.314. The quantitative estimate of drug-likeness (QED) is 0.761. The monoisotopic (exact) mass is 235 g/mol. The molecule has 2 atom stereocenters. The first-order chi connectivity index (χ1) is 6.43. The third-order valence-electron chi connectivity index (χ3n) is 2.74. The van der Waals surface area contributed by atoms with E-state index in [-0.39, 0.29) is 22.7 Å². The van der Waals surface area contributed by atoms with E-state index in [1.807, 2.05) is 32.5 Å². The molecule has 1 aliphatic rings. The van der Waals surface area contributed by atoms with Gasteiger partial charge in [-0.3, -0.25) is 4.79 Å². The molecule has 4 heteroatoms. The fourth-order valence-corrected chi connectivity index (χ4v) is 2.54. The second-order valence-corrected chi connectivity index (χ2v) is 6.19. The van der Waals surface area contributed by atoms with Crippen molar-refractivity contribution in [3.63, 3.8) is 0 Å². The number of carbonyl (C=O) groups is 1. The van der Waals surface area contributed by atoms with E-state index < -0.39 is 0 Å². The van der Waals surface area contributed by atoms with Crippen LogP contribution in [0.3, 0.4) is 0 Å². The van der Waals surface area contributed by atoms with E-state index in [9.17, 15) is 4.79 Å². The zero-order chi connectivity index (χ0) is 10.8. The minimum atomic E-state index is -0.314. The molecule has 1 amide bonds. The van der Waals surface area contributed by atoms with E-state index in [1.54, 1.807) is 0 Å². The number of halogens is 1.